The van der Waals surface area contributed by atoms with E-state index in [1.54, 1.807) is 10.6 Å². The van der Waals surface area contributed by atoms with E-state index in [0.717, 1.165) is 12.0 Å². The molecule has 1 aliphatic rings. The molecule has 0 bridgehead atoms. The fourth-order valence-corrected chi connectivity index (χ4v) is 2.81. The molecule has 0 saturated carbocycles. The highest BCUT2D eigenvalue weighted by atomic mass is 16.5. The second-order valence-corrected chi connectivity index (χ2v) is 6.03. The van der Waals surface area contributed by atoms with E-state index in [-0.39, 0.29) is 11.2 Å². The topological polar surface area (TPSA) is 43.6 Å². The molecule has 1 aliphatic heterocycles. The highest BCUT2D eigenvalue weighted by Gasteiger charge is 2.41. The molecule has 0 spiro atoms. The van der Waals surface area contributed by atoms with E-state index in [4.69, 9.17) is 4.74 Å². The molecule has 3 heterocycles. The Morgan fingerprint density at radius 2 is 2.30 bits per heavy atom. The summed E-state index contributed by atoms with van der Waals surface area (Å²) in [5.74, 6) is 0.898. The number of aryl methyl sites for hydroxylation is 1. The highest BCUT2D eigenvalue weighted by Crippen LogP contribution is 2.37. The van der Waals surface area contributed by atoms with Crippen LogP contribution in [0.1, 0.15) is 38.3 Å². The molecule has 20 heavy (non-hydrogen) atoms. The molecule has 0 aliphatic carbocycles. The molecule has 0 fully saturated rings. The maximum absolute atomic E-state index is 12.6. The van der Waals surface area contributed by atoms with Crippen LogP contribution in [0.4, 0.5) is 0 Å². The number of rotatable bonds is 2. The molecule has 2 aromatic rings. The van der Waals surface area contributed by atoms with Crippen LogP contribution in [-0.2, 0) is 6.42 Å². The lowest BCUT2D eigenvalue weighted by Crippen LogP contribution is -2.38. The zero-order chi connectivity index (χ0) is 14.5. The standard InChI is InChI=1S/C16H20N2O2/c1-5-11(3)16(4)9-12-14(20-16)17-13-8-10(2)6-7-18(13)15(12)19/h6-8,11H,5,9H2,1-4H3/t11-,16+/m1/s1. The molecule has 2 aromatic heterocycles. The molecular formula is C16H20N2O2. The van der Waals surface area contributed by atoms with Gasteiger partial charge in [-0.2, -0.15) is 4.98 Å². The zero-order valence-electron chi connectivity index (χ0n) is 12.4. The maximum atomic E-state index is 12.6. The normalized spacial score (nSPS) is 22.6. The molecule has 0 N–H and O–H groups in total. The molecule has 0 saturated heterocycles. The Kier molecular flexibility index (Phi) is 2.85. The van der Waals surface area contributed by atoms with Crippen LogP contribution in [0.15, 0.2) is 23.1 Å². The third-order valence-electron chi connectivity index (χ3n) is 4.55. The Hall–Kier alpha value is -1.84. The van der Waals surface area contributed by atoms with Gasteiger partial charge < -0.3 is 4.74 Å². The van der Waals surface area contributed by atoms with Gasteiger partial charge >= 0.3 is 0 Å². The van der Waals surface area contributed by atoms with E-state index in [1.165, 1.54) is 0 Å². The summed E-state index contributed by atoms with van der Waals surface area (Å²) in [6.45, 7) is 8.36. The lowest BCUT2D eigenvalue weighted by atomic mass is 9.85. The minimum absolute atomic E-state index is 0.00275. The van der Waals surface area contributed by atoms with Gasteiger partial charge in [-0.25, -0.2) is 0 Å². The number of pyridine rings is 1. The van der Waals surface area contributed by atoms with E-state index in [2.05, 4.69) is 25.8 Å². The zero-order valence-corrected chi connectivity index (χ0v) is 12.4. The average molecular weight is 272 g/mol. The lowest BCUT2D eigenvalue weighted by Gasteiger charge is -2.29. The van der Waals surface area contributed by atoms with Gasteiger partial charge in [-0.1, -0.05) is 13.8 Å². The van der Waals surface area contributed by atoms with Crippen molar-refractivity contribution < 1.29 is 4.74 Å². The van der Waals surface area contributed by atoms with Crippen molar-refractivity contribution >= 4 is 5.65 Å². The van der Waals surface area contributed by atoms with Crippen molar-refractivity contribution in [3.63, 3.8) is 0 Å². The van der Waals surface area contributed by atoms with Crippen LogP contribution in [-0.4, -0.2) is 15.0 Å². The quantitative estimate of drug-likeness (QED) is 0.844. The lowest BCUT2D eigenvalue weighted by molar-refractivity contribution is 0.0508. The van der Waals surface area contributed by atoms with Crippen molar-refractivity contribution in [2.45, 2.75) is 46.1 Å². The Bertz CT molecular complexity index is 735. The first-order valence-corrected chi connectivity index (χ1v) is 7.15. The second-order valence-electron chi connectivity index (χ2n) is 6.03. The molecule has 4 nitrogen and oxygen atoms in total. The van der Waals surface area contributed by atoms with E-state index < -0.39 is 0 Å². The second kappa shape index (κ2) is 4.33. The summed E-state index contributed by atoms with van der Waals surface area (Å²) in [5.41, 5.74) is 2.11. The molecular weight excluding hydrogens is 252 g/mol. The Morgan fingerprint density at radius 3 is 3.00 bits per heavy atom. The monoisotopic (exact) mass is 272 g/mol. The Morgan fingerprint density at radius 1 is 1.55 bits per heavy atom. The summed E-state index contributed by atoms with van der Waals surface area (Å²) >= 11 is 0. The third-order valence-corrected chi connectivity index (χ3v) is 4.55. The number of hydrogen-bond acceptors (Lipinski definition) is 3. The largest absolute Gasteiger partial charge is 0.470 e. The van der Waals surface area contributed by atoms with Gasteiger partial charge in [0.25, 0.3) is 5.56 Å². The number of aromatic nitrogens is 2. The van der Waals surface area contributed by atoms with Gasteiger partial charge in [0.2, 0.25) is 5.88 Å². The molecule has 0 amide bonds. The van der Waals surface area contributed by atoms with Crippen LogP contribution < -0.4 is 10.3 Å². The summed E-state index contributed by atoms with van der Waals surface area (Å²) in [4.78, 5) is 17.1. The van der Waals surface area contributed by atoms with Crippen molar-refractivity contribution in [3.05, 3.63) is 39.8 Å². The molecule has 2 atom stereocenters. The molecule has 0 radical (unpaired) electrons. The van der Waals surface area contributed by atoms with Crippen molar-refractivity contribution in [1.29, 1.82) is 0 Å². The first-order chi connectivity index (χ1) is 9.44. The molecule has 0 aromatic carbocycles. The van der Waals surface area contributed by atoms with E-state index in [9.17, 15) is 4.79 Å². The molecule has 0 unspecified atom stereocenters. The number of fused-ring (bicyclic) bond motifs is 2. The van der Waals surface area contributed by atoms with Crippen molar-refractivity contribution in [1.82, 2.24) is 9.38 Å². The van der Waals surface area contributed by atoms with Gasteiger partial charge in [0.15, 0.2) is 0 Å². The predicted octanol–water partition coefficient (Wildman–Crippen LogP) is 2.74. The van der Waals surface area contributed by atoms with Crippen LogP contribution in [0, 0.1) is 12.8 Å². The van der Waals surface area contributed by atoms with Gasteiger partial charge in [0, 0.05) is 12.6 Å². The molecule has 4 heteroatoms. The first kappa shape index (κ1) is 13.2. The van der Waals surface area contributed by atoms with E-state index in [1.807, 2.05) is 19.1 Å². The van der Waals surface area contributed by atoms with Crippen molar-refractivity contribution in [2.24, 2.45) is 5.92 Å². The number of hydrogen-bond donors (Lipinski definition) is 0. The van der Waals surface area contributed by atoms with Gasteiger partial charge in [-0.15, -0.1) is 0 Å². The van der Waals surface area contributed by atoms with E-state index >= 15 is 0 Å². The van der Waals surface area contributed by atoms with E-state index in [0.29, 0.717) is 29.4 Å². The number of nitrogens with zero attached hydrogens (tertiary/aromatic N) is 2. The maximum Gasteiger partial charge on any atom is 0.265 e. The van der Waals surface area contributed by atoms with Crippen molar-refractivity contribution in [2.75, 3.05) is 0 Å². The van der Waals surface area contributed by atoms with Crippen LogP contribution >= 0.6 is 0 Å². The minimum Gasteiger partial charge on any atom is -0.470 e. The Labute approximate surface area is 118 Å². The summed E-state index contributed by atoms with van der Waals surface area (Å²) < 4.78 is 7.66. The van der Waals surface area contributed by atoms with Crippen LogP contribution in [0.3, 0.4) is 0 Å². The summed E-state index contributed by atoms with van der Waals surface area (Å²) in [6, 6.07) is 3.83. The third kappa shape index (κ3) is 1.82. The summed E-state index contributed by atoms with van der Waals surface area (Å²) in [7, 11) is 0. The van der Waals surface area contributed by atoms with Crippen LogP contribution in [0.25, 0.3) is 5.65 Å². The number of ether oxygens (including phenoxy) is 1. The summed E-state index contributed by atoms with van der Waals surface area (Å²) in [6.07, 6.45) is 3.45. The highest BCUT2D eigenvalue weighted by molar-refractivity contribution is 5.46. The fraction of sp³-hybridized carbons (Fsp3) is 0.500. The first-order valence-electron chi connectivity index (χ1n) is 7.15. The fourth-order valence-electron chi connectivity index (χ4n) is 2.81. The van der Waals surface area contributed by atoms with Gasteiger partial charge in [0.1, 0.15) is 11.2 Å². The van der Waals surface area contributed by atoms with Gasteiger partial charge in [0.05, 0.1) is 5.56 Å². The van der Waals surface area contributed by atoms with Crippen LogP contribution in [0.5, 0.6) is 5.88 Å². The van der Waals surface area contributed by atoms with Gasteiger partial charge in [-0.05, 0) is 43.9 Å². The Balaban J connectivity index is 2.17. The molecule has 3 rings (SSSR count). The predicted molar refractivity (Wildman–Crippen MR) is 78.4 cm³/mol. The van der Waals surface area contributed by atoms with Gasteiger partial charge in [-0.3, -0.25) is 9.20 Å². The SMILES string of the molecule is CC[C@@H](C)[C@]1(C)Cc2c(nc3cc(C)ccn3c2=O)O1. The smallest absolute Gasteiger partial charge is 0.265 e. The molecule has 106 valence electrons. The minimum atomic E-state index is -0.323. The summed E-state index contributed by atoms with van der Waals surface area (Å²) in [5, 5.41) is 0. The van der Waals surface area contributed by atoms with Crippen LogP contribution in [0.2, 0.25) is 0 Å². The van der Waals surface area contributed by atoms with Crippen molar-refractivity contribution in [3.8, 4) is 5.88 Å². The average Bonchev–Trinajstić information content (AvgIpc) is 2.76.